The van der Waals surface area contributed by atoms with Gasteiger partial charge in [-0.1, -0.05) is 13.8 Å². The summed E-state index contributed by atoms with van der Waals surface area (Å²) in [5.41, 5.74) is 0. The van der Waals surface area contributed by atoms with Gasteiger partial charge in [0.25, 0.3) is 0 Å². The zero-order valence-electron chi connectivity index (χ0n) is 11.6. The summed E-state index contributed by atoms with van der Waals surface area (Å²) in [7, 11) is 0. The molecule has 1 aliphatic rings. The molecule has 1 heterocycles. The summed E-state index contributed by atoms with van der Waals surface area (Å²) in [6.45, 7) is 8.14. The molecule has 0 aliphatic carbocycles. The fourth-order valence-corrected chi connectivity index (χ4v) is 1.93. The Bertz CT molecular complexity index is 286. The van der Waals surface area contributed by atoms with Crippen molar-refractivity contribution < 1.29 is 9.59 Å². The molecule has 1 unspecified atom stereocenters. The highest BCUT2D eigenvalue weighted by Gasteiger charge is 2.24. The average Bonchev–Trinajstić information content (AvgIpc) is 2.36. The molecule has 5 nitrogen and oxygen atoms in total. The maximum Gasteiger partial charge on any atom is 0.242 e. The fourth-order valence-electron chi connectivity index (χ4n) is 1.93. The van der Waals surface area contributed by atoms with E-state index >= 15 is 0 Å². The SMILES string of the molecule is CC(C)CNC(=O)C(C)NC(=O)[C@@H]1CCCNC1. The maximum atomic E-state index is 11.9. The number of rotatable bonds is 5. The van der Waals surface area contributed by atoms with Crippen LogP contribution in [0.1, 0.15) is 33.6 Å². The van der Waals surface area contributed by atoms with Crippen molar-refractivity contribution in [1.29, 1.82) is 0 Å². The molecule has 1 aliphatic heterocycles. The molecule has 5 heteroatoms. The second-order valence-electron chi connectivity index (χ2n) is 5.41. The van der Waals surface area contributed by atoms with Gasteiger partial charge in [-0.2, -0.15) is 0 Å². The van der Waals surface area contributed by atoms with E-state index in [2.05, 4.69) is 16.0 Å². The topological polar surface area (TPSA) is 70.2 Å². The Balaban J connectivity index is 2.31. The molecule has 1 saturated heterocycles. The molecular weight excluding hydrogens is 230 g/mol. The van der Waals surface area contributed by atoms with Crippen LogP contribution in [-0.2, 0) is 9.59 Å². The minimum absolute atomic E-state index is 0.000834. The van der Waals surface area contributed by atoms with Crippen molar-refractivity contribution in [3.05, 3.63) is 0 Å². The van der Waals surface area contributed by atoms with Crippen LogP contribution in [0.3, 0.4) is 0 Å². The molecule has 0 aromatic carbocycles. The first-order valence-electron chi connectivity index (χ1n) is 6.79. The molecule has 104 valence electrons. The third-order valence-corrected chi connectivity index (χ3v) is 3.10. The quantitative estimate of drug-likeness (QED) is 0.660. The summed E-state index contributed by atoms with van der Waals surface area (Å²) < 4.78 is 0. The van der Waals surface area contributed by atoms with Gasteiger partial charge in [0.1, 0.15) is 6.04 Å². The van der Waals surface area contributed by atoms with E-state index in [-0.39, 0.29) is 17.7 Å². The van der Waals surface area contributed by atoms with E-state index in [1.54, 1.807) is 6.92 Å². The number of carbonyl (C=O) groups is 2. The Morgan fingerprint density at radius 3 is 2.61 bits per heavy atom. The lowest BCUT2D eigenvalue weighted by Gasteiger charge is -2.23. The first-order valence-corrected chi connectivity index (χ1v) is 6.79. The smallest absolute Gasteiger partial charge is 0.242 e. The fraction of sp³-hybridized carbons (Fsp3) is 0.846. The van der Waals surface area contributed by atoms with E-state index in [4.69, 9.17) is 0 Å². The van der Waals surface area contributed by atoms with E-state index in [1.807, 2.05) is 13.8 Å². The Morgan fingerprint density at radius 1 is 1.33 bits per heavy atom. The summed E-state index contributed by atoms with van der Waals surface area (Å²) in [5, 5.41) is 8.80. The Morgan fingerprint density at radius 2 is 2.06 bits per heavy atom. The molecule has 0 aromatic heterocycles. The molecule has 0 spiro atoms. The van der Waals surface area contributed by atoms with Gasteiger partial charge in [-0.15, -0.1) is 0 Å². The Kier molecular flexibility index (Phi) is 6.12. The van der Waals surface area contributed by atoms with Crippen LogP contribution in [0.25, 0.3) is 0 Å². The van der Waals surface area contributed by atoms with Crippen LogP contribution in [0.4, 0.5) is 0 Å². The monoisotopic (exact) mass is 255 g/mol. The van der Waals surface area contributed by atoms with Gasteiger partial charge >= 0.3 is 0 Å². The molecule has 2 atom stereocenters. The molecule has 0 saturated carbocycles. The summed E-state index contributed by atoms with van der Waals surface area (Å²) in [6, 6.07) is -0.460. The second kappa shape index (κ2) is 7.36. The third-order valence-electron chi connectivity index (χ3n) is 3.10. The van der Waals surface area contributed by atoms with Crippen molar-refractivity contribution in [3.8, 4) is 0 Å². The van der Waals surface area contributed by atoms with Crippen LogP contribution in [0, 0.1) is 11.8 Å². The molecule has 0 aromatic rings. The molecule has 3 N–H and O–H groups in total. The molecular formula is C13H25N3O2. The summed E-state index contributed by atoms with van der Waals surface area (Å²) in [6.07, 6.45) is 1.92. The van der Waals surface area contributed by atoms with Gasteiger partial charge in [0.15, 0.2) is 0 Å². The minimum atomic E-state index is -0.460. The predicted octanol–water partition coefficient (Wildman–Crippen LogP) is 0.263. The van der Waals surface area contributed by atoms with Gasteiger partial charge in [0, 0.05) is 13.1 Å². The van der Waals surface area contributed by atoms with Gasteiger partial charge in [-0.25, -0.2) is 0 Å². The molecule has 0 bridgehead atoms. The zero-order chi connectivity index (χ0) is 13.5. The number of nitrogens with one attached hydrogen (secondary N) is 3. The van der Waals surface area contributed by atoms with E-state index in [0.29, 0.717) is 19.0 Å². The lowest BCUT2D eigenvalue weighted by Crippen LogP contribution is -2.49. The van der Waals surface area contributed by atoms with Crippen molar-refractivity contribution in [2.24, 2.45) is 11.8 Å². The van der Waals surface area contributed by atoms with E-state index < -0.39 is 6.04 Å². The Hall–Kier alpha value is -1.10. The number of hydrogen-bond donors (Lipinski definition) is 3. The van der Waals surface area contributed by atoms with Crippen molar-refractivity contribution in [1.82, 2.24) is 16.0 Å². The lowest BCUT2D eigenvalue weighted by molar-refractivity contribution is -0.131. The minimum Gasteiger partial charge on any atom is -0.354 e. The lowest BCUT2D eigenvalue weighted by atomic mass is 9.98. The van der Waals surface area contributed by atoms with Gasteiger partial charge in [0.05, 0.1) is 5.92 Å². The summed E-state index contributed by atoms with van der Waals surface area (Å²) in [4.78, 5) is 23.6. The van der Waals surface area contributed by atoms with Crippen LogP contribution < -0.4 is 16.0 Å². The molecule has 1 fully saturated rings. The summed E-state index contributed by atoms with van der Waals surface area (Å²) in [5.74, 6) is 0.286. The van der Waals surface area contributed by atoms with E-state index in [9.17, 15) is 9.59 Å². The number of amides is 2. The summed E-state index contributed by atoms with van der Waals surface area (Å²) >= 11 is 0. The molecule has 1 rings (SSSR count). The van der Waals surface area contributed by atoms with Crippen molar-refractivity contribution in [2.45, 2.75) is 39.7 Å². The van der Waals surface area contributed by atoms with Gasteiger partial charge in [-0.3, -0.25) is 9.59 Å². The van der Waals surface area contributed by atoms with E-state index in [1.165, 1.54) is 0 Å². The van der Waals surface area contributed by atoms with Crippen molar-refractivity contribution in [2.75, 3.05) is 19.6 Å². The van der Waals surface area contributed by atoms with Crippen LogP contribution in [0.5, 0.6) is 0 Å². The standard InChI is InChI=1S/C13H25N3O2/c1-9(2)7-15-12(17)10(3)16-13(18)11-5-4-6-14-8-11/h9-11,14H,4-8H2,1-3H3,(H,15,17)(H,16,18)/t10?,11-/m1/s1. The zero-order valence-corrected chi connectivity index (χ0v) is 11.6. The second-order valence-corrected chi connectivity index (χ2v) is 5.41. The number of hydrogen-bond acceptors (Lipinski definition) is 3. The van der Waals surface area contributed by atoms with Gasteiger partial charge in [0.2, 0.25) is 11.8 Å². The highest BCUT2D eigenvalue weighted by atomic mass is 16.2. The van der Waals surface area contributed by atoms with Gasteiger partial charge < -0.3 is 16.0 Å². The molecule has 0 radical (unpaired) electrons. The third kappa shape index (κ3) is 5.04. The molecule has 2 amide bonds. The number of carbonyl (C=O) groups excluding carboxylic acids is 2. The van der Waals surface area contributed by atoms with Gasteiger partial charge in [-0.05, 0) is 32.2 Å². The highest BCUT2D eigenvalue weighted by molar-refractivity contribution is 5.88. The maximum absolute atomic E-state index is 11.9. The van der Waals surface area contributed by atoms with Crippen molar-refractivity contribution >= 4 is 11.8 Å². The van der Waals surface area contributed by atoms with Crippen LogP contribution in [-0.4, -0.2) is 37.5 Å². The first kappa shape index (κ1) is 15.0. The van der Waals surface area contributed by atoms with Crippen molar-refractivity contribution in [3.63, 3.8) is 0 Å². The first-order chi connectivity index (χ1) is 8.50. The molecule has 18 heavy (non-hydrogen) atoms. The largest absolute Gasteiger partial charge is 0.354 e. The number of piperidine rings is 1. The van der Waals surface area contributed by atoms with E-state index in [0.717, 1.165) is 19.4 Å². The van der Waals surface area contributed by atoms with Crippen LogP contribution in [0.15, 0.2) is 0 Å². The van der Waals surface area contributed by atoms with Crippen LogP contribution in [0.2, 0.25) is 0 Å². The Labute approximate surface area is 109 Å². The van der Waals surface area contributed by atoms with Crippen LogP contribution >= 0.6 is 0 Å². The normalized spacial score (nSPS) is 21.4. The highest BCUT2D eigenvalue weighted by Crippen LogP contribution is 2.09. The average molecular weight is 255 g/mol. The predicted molar refractivity (Wildman–Crippen MR) is 71.0 cm³/mol.